The molecule has 1 amide bonds. The third-order valence-electron chi connectivity index (χ3n) is 4.79. The number of carboxylic acid groups (broad SMARTS) is 1. The third kappa shape index (κ3) is 4.90. The van der Waals surface area contributed by atoms with E-state index in [0.717, 1.165) is 38.0 Å². The molecule has 0 radical (unpaired) electrons. The van der Waals surface area contributed by atoms with Gasteiger partial charge in [0.25, 0.3) is 0 Å². The van der Waals surface area contributed by atoms with Crippen LogP contribution in [-0.4, -0.2) is 46.0 Å². The van der Waals surface area contributed by atoms with Crippen LogP contribution in [0.2, 0.25) is 0 Å². The summed E-state index contributed by atoms with van der Waals surface area (Å²) in [7, 11) is 0. The second kappa shape index (κ2) is 7.52. The average Bonchev–Trinajstić information content (AvgIpc) is 3.19. The molecule has 21 heavy (non-hydrogen) atoms. The van der Waals surface area contributed by atoms with Crippen molar-refractivity contribution >= 4 is 23.6 Å². The average molecular weight is 313 g/mol. The Labute approximate surface area is 131 Å². The number of rotatable bonds is 8. The van der Waals surface area contributed by atoms with E-state index in [1.807, 2.05) is 4.90 Å². The van der Waals surface area contributed by atoms with Gasteiger partial charge < -0.3 is 10.0 Å². The monoisotopic (exact) mass is 313 g/mol. The van der Waals surface area contributed by atoms with Crippen LogP contribution >= 0.6 is 11.8 Å². The first-order valence-electron chi connectivity index (χ1n) is 8.15. The lowest BCUT2D eigenvalue weighted by atomic mass is 9.94. The molecule has 0 saturated heterocycles. The minimum atomic E-state index is -0.711. The Morgan fingerprint density at radius 2 is 1.90 bits per heavy atom. The van der Waals surface area contributed by atoms with Crippen molar-refractivity contribution in [3.05, 3.63) is 0 Å². The second-order valence-corrected chi connectivity index (χ2v) is 7.52. The van der Waals surface area contributed by atoms with E-state index in [9.17, 15) is 9.59 Å². The SMILES string of the molecule is CCN(C(=O)CSCC1(CC(=O)O)CC1)C1CCCCC1. The molecular weight excluding hydrogens is 286 g/mol. The van der Waals surface area contributed by atoms with Crippen molar-refractivity contribution in [2.45, 2.75) is 64.3 Å². The van der Waals surface area contributed by atoms with Gasteiger partial charge >= 0.3 is 5.97 Å². The zero-order chi connectivity index (χ0) is 15.3. The van der Waals surface area contributed by atoms with Crippen LogP contribution in [0.15, 0.2) is 0 Å². The Kier molecular flexibility index (Phi) is 5.97. The summed E-state index contributed by atoms with van der Waals surface area (Å²) in [5, 5.41) is 8.91. The predicted octanol–water partition coefficient (Wildman–Crippen LogP) is 3.16. The topological polar surface area (TPSA) is 57.6 Å². The zero-order valence-corrected chi connectivity index (χ0v) is 13.8. The van der Waals surface area contributed by atoms with E-state index in [2.05, 4.69) is 6.92 Å². The minimum Gasteiger partial charge on any atom is -0.481 e. The fraction of sp³-hybridized carbons (Fsp3) is 0.875. The van der Waals surface area contributed by atoms with E-state index in [1.54, 1.807) is 11.8 Å². The summed E-state index contributed by atoms with van der Waals surface area (Å²) in [6, 6.07) is 0.436. The third-order valence-corrected chi connectivity index (χ3v) is 6.06. The highest BCUT2D eigenvalue weighted by Crippen LogP contribution is 2.51. The largest absolute Gasteiger partial charge is 0.481 e. The van der Waals surface area contributed by atoms with Crippen LogP contribution in [0.5, 0.6) is 0 Å². The van der Waals surface area contributed by atoms with Crippen molar-refractivity contribution < 1.29 is 14.7 Å². The summed E-state index contributed by atoms with van der Waals surface area (Å²) in [6.45, 7) is 2.86. The van der Waals surface area contributed by atoms with Crippen molar-refractivity contribution in [1.82, 2.24) is 4.90 Å². The fourth-order valence-electron chi connectivity index (χ4n) is 3.34. The lowest BCUT2D eigenvalue weighted by Crippen LogP contribution is -2.42. The number of carboxylic acids is 1. The molecule has 1 N–H and O–H groups in total. The molecule has 0 aromatic carbocycles. The number of amides is 1. The van der Waals surface area contributed by atoms with Crippen molar-refractivity contribution in [3.8, 4) is 0 Å². The lowest BCUT2D eigenvalue weighted by molar-refractivity contribution is -0.138. The molecule has 120 valence electrons. The molecule has 4 nitrogen and oxygen atoms in total. The first-order chi connectivity index (χ1) is 10.1. The van der Waals surface area contributed by atoms with E-state index in [4.69, 9.17) is 5.11 Å². The quantitative estimate of drug-likeness (QED) is 0.748. The number of hydrogen-bond donors (Lipinski definition) is 1. The van der Waals surface area contributed by atoms with Crippen molar-refractivity contribution in [1.29, 1.82) is 0 Å². The first kappa shape index (κ1) is 16.7. The van der Waals surface area contributed by atoms with Gasteiger partial charge in [0, 0.05) is 12.6 Å². The normalized spacial score (nSPS) is 21.0. The van der Waals surface area contributed by atoms with Crippen LogP contribution in [0, 0.1) is 5.41 Å². The van der Waals surface area contributed by atoms with Crippen molar-refractivity contribution in [3.63, 3.8) is 0 Å². The van der Waals surface area contributed by atoms with Gasteiger partial charge in [0.2, 0.25) is 5.91 Å². The van der Waals surface area contributed by atoms with Gasteiger partial charge in [0.1, 0.15) is 0 Å². The maximum Gasteiger partial charge on any atom is 0.303 e. The lowest BCUT2D eigenvalue weighted by Gasteiger charge is -2.33. The molecular formula is C16H27NO3S. The molecule has 2 aliphatic carbocycles. The van der Waals surface area contributed by atoms with Gasteiger partial charge in [0.05, 0.1) is 12.2 Å². The van der Waals surface area contributed by atoms with E-state index in [1.165, 1.54) is 19.3 Å². The number of carbonyl (C=O) groups excluding carboxylic acids is 1. The van der Waals surface area contributed by atoms with Crippen molar-refractivity contribution in [2.75, 3.05) is 18.1 Å². The van der Waals surface area contributed by atoms with E-state index in [0.29, 0.717) is 11.8 Å². The predicted molar refractivity (Wildman–Crippen MR) is 85.5 cm³/mol. The minimum absolute atomic E-state index is 0.0152. The molecule has 2 fully saturated rings. The van der Waals surface area contributed by atoms with E-state index < -0.39 is 5.97 Å². The summed E-state index contributed by atoms with van der Waals surface area (Å²) in [5.74, 6) is 0.844. The molecule has 0 aromatic rings. The Balaban J connectivity index is 1.73. The molecule has 0 aromatic heterocycles. The Bertz CT molecular complexity index is 376. The van der Waals surface area contributed by atoms with Gasteiger partial charge in [-0.1, -0.05) is 19.3 Å². The Morgan fingerprint density at radius 1 is 1.24 bits per heavy atom. The maximum absolute atomic E-state index is 12.4. The van der Waals surface area contributed by atoms with Crippen LogP contribution in [-0.2, 0) is 9.59 Å². The summed E-state index contributed by atoms with van der Waals surface area (Å²) in [5.41, 5.74) is -0.0152. The molecule has 0 spiro atoms. The fourth-order valence-corrected chi connectivity index (χ4v) is 4.60. The van der Waals surface area contributed by atoms with Gasteiger partial charge in [-0.3, -0.25) is 9.59 Å². The number of carbonyl (C=O) groups is 2. The molecule has 0 bridgehead atoms. The van der Waals surface area contributed by atoms with E-state index in [-0.39, 0.29) is 17.7 Å². The van der Waals surface area contributed by atoms with Crippen LogP contribution in [0.4, 0.5) is 0 Å². The van der Waals surface area contributed by atoms with Gasteiger partial charge in [-0.25, -0.2) is 0 Å². The number of thioether (sulfide) groups is 1. The van der Waals surface area contributed by atoms with Crippen LogP contribution in [0.3, 0.4) is 0 Å². The Hall–Kier alpha value is -0.710. The number of aliphatic carboxylic acids is 1. The number of nitrogens with zero attached hydrogens (tertiary/aromatic N) is 1. The van der Waals surface area contributed by atoms with Gasteiger partial charge in [-0.15, -0.1) is 0 Å². The molecule has 0 atom stereocenters. The van der Waals surface area contributed by atoms with Crippen LogP contribution in [0.1, 0.15) is 58.3 Å². The molecule has 5 heteroatoms. The molecule has 0 aliphatic heterocycles. The van der Waals surface area contributed by atoms with Gasteiger partial charge in [0.15, 0.2) is 0 Å². The standard InChI is InChI=1S/C16H27NO3S/c1-2-17(13-6-4-3-5-7-13)14(18)11-21-12-16(8-9-16)10-15(19)20/h13H,2-12H2,1H3,(H,19,20). The molecule has 2 aliphatic rings. The summed E-state index contributed by atoms with van der Waals surface area (Å²) < 4.78 is 0. The molecule has 0 unspecified atom stereocenters. The highest BCUT2D eigenvalue weighted by molar-refractivity contribution is 7.99. The molecule has 0 heterocycles. The van der Waals surface area contributed by atoms with Gasteiger partial charge in [-0.2, -0.15) is 11.8 Å². The summed E-state index contributed by atoms with van der Waals surface area (Å²) in [4.78, 5) is 25.3. The number of hydrogen-bond acceptors (Lipinski definition) is 3. The van der Waals surface area contributed by atoms with Crippen LogP contribution < -0.4 is 0 Å². The molecule has 2 rings (SSSR count). The summed E-state index contributed by atoms with van der Waals surface area (Å²) in [6.07, 6.45) is 8.33. The smallest absolute Gasteiger partial charge is 0.303 e. The first-order valence-corrected chi connectivity index (χ1v) is 9.31. The summed E-state index contributed by atoms with van der Waals surface area (Å²) >= 11 is 1.63. The maximum atomic E-state index is 12.4. The highest BCUT2D eigenvalue weighted by atomic mass is 32.2. The van der Waals surface area contributed by atoms with E-state index >= 15 is 0 Å². The van der Waals surface area contributed by atoms with Crippen molar-refractivity contribution in [2.24, 2.45) is 5.41 Å². The zero-order valence-electron chi connectivity index (χ0n) is 13.0. The second-order valence-electron chi connectivity index (χ2n) is 6.53. The Morgan fingerprint density at radius 3 is 2.43 bits per heavy atom. The highest BCUT2D eigenvalue weighted by Gasteiger charge is 2.44. The van der Waals surface area contributed by atoms with Crippen LogP contribution in [0.25, 0.3) is 0 Å². The van der Waals surface area contributed by atoms with Gasteiger partial charge in [-0.05, 0) is 43.8 Å². The molecule has 2 saturated carbocycles.